The van der Waals surface area contributed by atoms with Crippen LogP contribution in [0.3, 0.4) is 0 Å². The smallest absolute Gasteiger partial charge is 0.264 e. The van der Waals surface area contributed by atoms with E-state index in [9.17, 15) is 18.3 Å². The van der Waals surface area contributed by atoms with E-state index in [1.807, 2.05) is 13.0 Å². The number of ether oxygens (including phenoxy) is 1. The van der Waals surface area contributed by atoms with Gasteiger partial charge in [0.05, 0.1) is 23.9 Å². The number of aromatic hydroxyl groups is 1. The largest absolute Gasteiger partial charge is 0.504 e. The zero-order chi connectivity index (χ0) is 24.0. The van der Waals surface area contributed by atoms with Crippen LogP contribution >= 0.6 is 0 Å². The first-order chi connectivity index (χ1) is 15.7. The lowest BCUT2D eigenvalue weighted by atomic mass is 10.1. The van der Waals surface area contributed by atoms with Gasteiger partial charge in [0, 0.05) is 5.56 Å². The first-order valence-electron chi connectivity index (χ1n) is 10.1. The maximum absolute atomic E-state index is 13.4. The molecule has 0 unspecified atom stereocenters. The number of phenolic OH excluding ortho intramolecular Hbond substituents is 1. The number of hydrogen-bond acceptors (Lipinski definition) is 6. The maximum atomic E-state index is 13.4. The van der Waals surface area contributed by atoms with Gasteiger partial charge in [-0.05, 0) is 49.7 Å². The van der Waals surface area contributed by atoms with E-state index in [4.69, 9.17) is 4.74 Å². The summed E-state index contributed by atoms with van der Waals surface area (Å²) in [5.41, 5.74) is 4.74. The molecular formula is C24H25N3O5S. The molecule has 0 aliphatic rings. The fourth-order valence-electron chi connectivity index (χ4n) is 3.25. The van der Waals surface area contributed by atoms with E-state index in [2.05, 4.69) is 10.5 Å². The van der Waals surface area contributed by atoms with Crippen molar-refractivity contribution in [2.24, 2.45) is 5.10 Å². The van der Waals surface area contributed by atoms with E-state index >= 15 is 0 Å². The monoisotopic (exact) mass is 467 g/mol. The summed E-state index contributed by atoms with van der Waals surface area (Å²) in [5.74, 6) is -0.505. The lowest BCUT2D eigenvalue weighted by Gasteiger charge is -2.25. The van der Waals surface area contributed by atoms with Gasteiger partial charge in [-0.2, -0.15) is 5.10 Å². The van der Waals surface area contributed by atoms with E-state index in [0.29, 0.717) is 16.8 Å². The zero-order valence-electron chi connectivity index (χ0n) is 18.5. The van der Waals surface area contributed by atoms with Crippen LogP contribution in [0.15, 0.2) is 76.7 Å². The average Bonchev–Trinajstić information content (AvgIpc) is 2.79. The van der Waals surface area contributed by atoms with Crippen LogP contribution in [0, 0.1) is 13.8 Å². The number of aryl methyl sites for hydroxylation is 2. The minimum atomic E-state index is -4.01. The number of rotatable bonds is 8. The topological polar surface area (TPSA) is 108 Å². The Kier molecular flexibility index (Phi) is 7.34. The predicted octanol–water partition coefficient (Wildman–Crippen LogP) is 3.36. The van der Waals surface area contributed by atoms with Gasteiger partial charge in [-0.3, -0.25) is 9.10 Å². The maximum Gasteiger partial charge on any atom is 0.264 e. The number of sulfonamides is 1. The van der Waals surface area contributed by atoms with Crippen molar-refractivity contribution in [3.05, 3.63) is 83.4 Å². The van der Waals surface area contributed by atoms with Gasteiger partial charge in [-0.1, -0.05) is 42.0 Å². The van der Waals surface area contributed by atoms with Gasteiger partial charge in [0.15, 0.2) is 11.5 Å². The first kappa shape index (κ1) is 23.8. The van der Waals surface area contributed by atoms with E-state index in [1.54, 1.807) is 55.5 Å². The van der Waals surface area contributed by atoms with Gasteiger partial charge in [0.25, 0.3) is 15.9 Å². The highest BCUT2D eigenvalue weighted by Crippen LogP contribution is 2.28. The van der Waals surface area contributed by atoms with E-state index in [1.165, 1.54) is 25.5 Å². The molecule has 3 rings (SSSR count). The van der Waals surface area contributed by atoms with Gasteiger partial charge in [0.1, 0.15) is 6.54 Å². The Morgan fingerprint density at radius 3 is 2.48 bits per heavy atom. The third-order valence-corrected chi connectivity index (χ3v) is 6.66. The number of nitrogens with zero attached hydrogens (tertiary/aromatic N) is 2. The summed E-state index contributed by atoms with van der Waals surface area (Å²) in [6.45, 7) is 3.21. The van der Waals surface area contributed by atoms with Crippen LogP contribution in [0.25, 0.3) is 0 Å². The minimum Gasteiger partial charge on any atom is -0.504 e. The quantitative estimate of drug-likeness (QED) is 0.390. The van der Waals surface area contributed by atoms with Crippen molar-refractivity contribution in [1.29, 1.82) is 0 Å². The highest BCUT2D eigenvalue weighted by Gasteiger charge is 2.28. The molecule has 0 atom stereocenters. The lowest BCUT2D eigenvalue weighted by molar-refractivity contribution is -0.119. The number of hydrazone groups is 1. The second kappa shape index (κ2) is 10.2. The van der Waals surface area contributed by atoms with Gasteiger partial charge in [-0.15, -0.1) is 0 Å². The van der Waals surface area contributed by atoms with Crippen molar-refractivity contribution >= 4 is 27.8 Å². The summed E-state index contributed by atoms with van der Waals surface area (Å²) in [7, 11) is -2.59. The number of hydrogen-bond donors (Lipinski definition) is 2. The normalized spacial score (nSPS) is 11.4. The summed E-state index contributed by atoms with van der Waals surface area (Å²) < 4.78 is 32.9. The van der Waals surface area contributed by atoms with E-state index in [0.717, 1.165) is 9.87 Å². The summed E-state index contributed by atoms with van der Waals surface area (Å²) in [5, 5.41) is 14.0. The molecule has 2 N–H and O–H groups in total. The summed E-state index contributed by atoms with van der Waals surface area (Å²) in [6, 6.07) is 18.1. The van der Waals surface area contributed by atoms with Gasteiger partial charge in [0.2, 0.25) is 0 Å². The molecule has 0 saturated carbocycles. The Morgan fingerprint density at radius 1 is 1.09 bits per heavy atom. The van der Waals surface area contributed by atoms with E-state index in [-0.39, 0.29) is 16.4 Å². The Hall–Kier alpha value is -3.85. The number of carbonyl (C=O) groups is 1. The molecule has 0 aliphatic heterocycles. The summed E-state index contributed by atoms with van der Waals surface area (Å²) in [6.07, 6.45) is 1.25. The Morgan fingerprint density at radius 2 is 1.82 bits per heavy atom. The molecule has 0 spiro atoms. The van der Waals surface area contributed by atoms with Crippen LogP contribution in [-0.2, 0) is 14.8 Å². The van der Waals surface area contributed by atoms with Gasteiger partial charge >= 0.3 is 0 Å². The SMILES string of the molecule is COc1cccc(/C=N/NC(=O)CN(c2ccc(C)cc2C)S(=O)(=O)c2ccccc2)c1O. The zero-order valence-corrected chi connectivity index (χ0v) is 19.3. The van der Waals surface area contributed by atoms with E-state index < -0.39 is 22.5 Å². The Balaban J connectivity index is 1.87. The number of benzene rings is 3. The molecule has 0 aromatic heterocycles. The number of anilines is 1. The minimum absolute atomic E-state index is 0.0718. The first-order valence-corrected chi connectivity index (χ1v) is 11.5. The van der Waals surface area contributed by atoms with Crippen molar-refractivity contribution in [3.8, 4) is 11.5 Å². The highest BCUT2D eigenvalue weighted by atomic mass is 32.2. The Bertz CT molecular complexity index is 1270. The molecule has 172 valence electrons. The molecule has 8 nitrogen and oxygen atoms in total. The molecule has 3 aromatic carbocycles. The molecule has 0 saturated heterocycles. The molecule has 9 heteroatoms. The van der Waals surface area contributed by atoms with Crippen molar-refractivity contribution in [1.82, 2.24) is 5.43 Å². The second-order valence-electron chi connectivity index (χ2n) is 7.31. The van der Waals surface area contributed by atoms with Crippen molar-refractivity contribution in [2.75, 3.05) is 18.0 Å². The Labute approximate surface area is 193 Å². The molecule has 1 amide bonds. The third kappa shape index (κ3) is 5.50. The van der Waals surface area contributed by atoms with Crippen LogP contribution in [0.2, 0.25) is 0 Å². The fourth-order valence-corrected chi connectivity index (χ4v) is 4.76. The molecule has 0 aliphatic carbocycles. The van der Waals surface area contributed by atoms with Crippen molar-refractivity contribution < 1.29 is 23.1 Å². The number of methoxy groups -OCH3 is 1. The van der Waals surface area contributed by atoms with Crippen LogP contribution < -0.4 is 14.5 Å². The highest BCUT2D eigenvalue weighted by molar-refractivity contribution is 7.92. The van der Waals surface area contributed by atoms with Crippen LogP contribution in [0.4, 0.5) is 5.69 Å². The van der Waals surface area contributed by atoms with Crippen LogP contribution in [0.1, 0.15) is 16.7 Å². The third-order valence-electron chi connectivity index (χ3n) is 4.88. The number of carbonyl (C=O) groups excluding carboxylic acids is 1. The summed E-state index contributed by atoms with van der Waals surface area (Å²) in [4.78, 5) is 12.7. The molecule has 33 heavy (non-hydrogen) atoms. The van der Waals surface area contributed by atoms with Crippen LogP contribution in [-0.4, -0.2) is 39.3 Å². The van der Waals surface area contributed by atoms with Gasteiger partial charge < -0.3 is 9.84 Å². The molecule has 0 heterocycles. The van der Waals surface area contributed by atoms with Crippen LogP contribution in [0.5, 0.6) is 11.5 Å². The molecule has 0 bridgehead atoms. The fraction of sp³-hybridized carbons (Fsp3) is 0.167. The number of amides is 1. The lowest BCUT2D eigenvalue weighted by Crippen LogP contribution is -2.40. The predicted molar refractivity (Wildman–Crippen MR) is 127 cm³/mol. The average molecular weight is 468 g/mol. The molecular weight excluding hydrogens is 442 g/mol. The number of nitrogens with one attached hydrogen (secondary N) is 1. The molecule has 3 aromatic rings. The molecule has 0 radical (unpaired) electrons. The molecule has 0 fully saturated rings. The standard InChI is InChI=1S/C24H25N3O5S/c1-17-12-13-21(18(2)14-17)27(33(30,31)20-9-5-4-6-10-20)16-23(28)26-25-15-19-8-7-11-22(32-3)24(19)29/h4-15,29H,16H2,1-3H3,(H,26,28)/b25-15+. The summed E-state index contributed by atoms with van der Waals surface area (Å²) >= 11 is 0. The number of para-hydroxylation sites is 1. The number of phenols is 1. The van der Waals surface area contributed by atoms with Gasteiger partial charge in [-0.25, -0.2) is 13.8 Å². The second-order valence-corrected chi connectivity index (χ2v) is 9.17. The van der Waals surface area contributed by atoms with Crippen molar-refractivity contribution in [3.63, 3.8) is 0 Å². The van der Waals surface area contributed by atoms with Crippen molar-refractivity contribution in [2.45, 2.75) is 18.7 Å².